The summed E-state index contributed by atoms with van der Waals surface area (Å²) in [7, 11) is 0. The quantitative estimate of drug-likeness (QED) is 0.375. The fourth-order valence-corrected chi connectivity index (χ4v) is 3.70. The van der Waals surface area contributed by atoms with Crippen LogP contribution in [-0.2, 0) is 12.3 Å². The predicted octanol–water partition coefficient (Wildman–Crippen LogP) is 4.52. The van der Waals surface area contributed by atoms with Gasteiger partial charge in [0.2, 0.25) is 0 Å². The van der Waals surface area contributed by atoms with Crippen LogP contribution >= 0.6 is 23.4 Å². The van der Waals surface area contributed by atoms with E-state index in [-0.39, 0.29) is 0 Å². The molecular formula is C19H16ClN5S. The Morgan fingerprint density at radius 2 is 1.88 bits per heavy atom. The lowest BCUT2D eigenvalue weighted by atomic mass is 10.2. The van der Waals surface area contributed by atoms with Crippen molar-refractivity contribution in [3.8, 4) is 0 Å². The average Bonchev–Trinajstić information content (AvgIpc) is 3.05. The number of aromatic nitrogens is 5. The van der Waals surface area contributed by atoms with Crippen molar-refractivity contribution in [3.05, 3.63) is 76.6 Å². The number of benzene rings is 2. The molecule has 0 saturated carbocycles. The van der Waals surface area contributed by atoms with Gasteiger partial charge in [0.05, 0.1) is 6.54 Å². The lowest BCUT2D eigenvalue weighted by molar-refractivity contribution is 0.664. The van der Waals surface area contributed by atoms with Gasteiger partial charge in [-0.1, -0.05) is 70.5 Å². The van der Waals surface area contributed by atoms with E-state index in [4.69, 9.17) is 11.6 Å². The summed E-state index contributed by atoms with van der Waals surface area (Å²) in [6.07, 6.45) is 1.57. The van der Waals surface area contributed by atoms with E-state index in [1.54, 1.807) is 22.8 Å². The Balaban J connectivity index is 1.57. The van der Waals surface area contributed by atoms with Gasteiger partial charge in [-0.25, -0.2) is 14.6 Å². The molecule has 0 radical (unpaired) electrons. The summed E-state index contributed by atoms with van der Waals surface area (Å²) < 4.78 is 1.79. The average molecular weight is 382 g/mol. The Kier molecular flexibility index (Phi) is 4.86. The second kappa shape index (κ2) is 7.43. The third-order valence-electron chi connectivity index (χ3n) is 3.97. The van der Waals surface area contributed by atoms with Gasteiger partial charge in [-0.15, -0.1) is 5.10 Å². The van der Waals surface area contributed by atoms with Crippen molar-refractivity contribution < 1.29 is 0 Å². The zero-order chi connectivity index (χ0) is 17.9. The highest BCUT2D eigenvalue weighted by molar-refractivity contribution is 7.98. The van der Waals surface area contributed by atoms with Crippen molar-refractivity contribution in [2.45, 2.75) is 24.2 Å². The first-order chi connectivity index (χ1) is 12.7. The Morgan fingerprint density at radius 1 is 1.04 bits per heavy atom. The van der Waals surface area contributed by atoms with Crippen molar-refractivity contribution in [3.63, 3.8) is 0 Å². The Labute approximate surface area is 160 Å². The standard InChI is InChI=1S/C19H16ClN5S/c1-13-3-2-4-15(9-13)11-26-19-17-18(21-12-22-19)25(24-23-17)10-14-5-7-16(20)8-6-14/h2-9,12H,10-11H2,1H3. The lowest BCUT2D eigenvalue weighted by Gasteiger charge is -2.04. The second-order valence-corrected chi connectivity index (χ2v) is 7.40. The first-order valence-corrected chi connectivity index (χ1v) is 9.52. The predicted molar refractivity (Wildman–Crippen MR) is 104 cm³/mol. The molecule has 4 aromatic rings. The van der Waals surface area contributed by atoms with Crippen LogP contribution in [0.3, 0.4) is 0 Å². The molecule has 130 valence electrons. The van der Waals surface area contributed by atoms with Crippen molar-refractivity contribution in [2.24, 2.45) is 0 Å². The molecule has 0 atom stereocenters. The number of rotatable bonds is 5. The van der Waals surface area contributed by atoms with Gasteiger partial charge in [-0.05, 0) is 30.2 Å². The number of thioether (sulfide) groups is 1. The molecule has 7 heteroatoms. The van der Waals surface area contributed by atoms with Crippen LogP contribution in [0.15, 0.2) is 59.9 Å². The zero-order valence-electron chi connectivity index (χ0n) is 14.1. The summed E-state index contributed by atoms with van der Waals surface area (Å²) in [4.78, 5) is 8.77. The number of fused-ring (bicyclic) bond motifs is 1. The van der Waals surface area contributed by atoms with Crippen LogP contribution in [0.25, 0.3) is 11.2 Å². The van der Waals surface area contributed by atoms with Gasteiger partial charge < -0.3 is 0 Å². The minimum Gasteiger partial charge on any atom is -0.227 e. The second-order valence-electron chi connectivity index (χ2n) is 6.00. The molecule has 0 bridgehead atoms. The molecule has 0 amide bonds. The molecule has 4 rings (SSSR count). The van der Waals surface area contributed by atoms with Gasteiger partial charge in [0, 0.05) is 10.8 Å². The van der Waals surface area contributed by atoms with E-state index in [1.165, 1.54) is 11.1 Å². The number of hydrogen-bond acceptors (Lipinski definition) is 5. The molecule has 0 spiro atoms. The summed E-state index contributed by atoms with van der Waals surface area (Å²) in [6.45, 7) is 2.69. The molecule has 26 heavy (non-hydrogen) atoms. The molecule has 2 aromatic heterocycles. The Hall–Kier alpha value is -2.44. The minimum atomic E-state index is 0.590. The molecule has 0 fully saturated rings. The molecular weight excluding hydrogens is 366 g/mol. The fraction of sp³-hybridized carbons (Fsp3) is 0.158. The number of halogens is 1. The third-order valence-corrected chi connectivity index (χ3v) is 5.27. The highest BCUT2D eigenvalue weighted by atomic mass is 35.5. The first-order valence-electron chi connectivity index (χ1n) is 8.16. The van der Waals surface area contributed by atoms with E-state index in [1.807, 2.05) is 24.3 Å². The van der Waals surface area contributed by atoms with E-state index in [2.05, 4.69) is 51.5 Å². The van der Waals surface area contributed by atoms with Crippen LogP contribution < -0.4 is 0 Å². The summed E-state index contributed by atoms with van der Waals surface area (Å²) in [5, 5.41) is 10.1. The molecule has 0 aliphatic carbocycles. The molecule has 2 heterocycles. The molecule has 0 aliphatic heterocycles. The maximum absolute atomic E-state index is 5.95. The highest BCUT2D eigenvalue weighted by Crippen LogP contribution is 2.26. The highest BCUT2D eigenvalue weighted by Gasteiger charge is 2.12. The van der Waals surface area contributed by atoms with Crippen molar-refractivity contribution >= 4 is 34.5 Å². The van der Waals surface area contributed by atoms with Gasteiger partial charge in [-0.2, -0.15) is 0 Å². The van der Waals surface area contributed by atoms with E-state index in [0.717, 1.165) is 27.5 Å². The first kappa shape index (κ1) is 17.0. The topological polar surface area (TPSA) is 56.5 Å². The number of aryl methyl sites for hydroxylation is 1. The third kappa shape index (κ3) is 3.71. The van der Waals surface area contributed by atoms with Gasteiger partial charge in [-0.3, -0.25) is 0 Å². The normalized spacial score (nSPS) is 11.2. The van der Waals surface area contributed by atoms with E-state index < -0.39 is 0 Å². The fourth-order valence-electron chi connectivity index (χ4n) is 2.70. The van der Waals surface area contributed by atoms with Crippen molar-refractivity contribution in [2.75, 3.05) is 0 Å². The zero-order valence-corrected chi connectivity index (χ0v) is 15.7. The smallest absolute Gasteiger partial charge is 0.183 e. The summed E-state index contributed by atoms with van der Waals surface area (Å²) in [5.41, 5.74) is 5.08. The molecule has 5 nitrogen and oxygen atoms in total. The van der Waals surface area contributed by atoms with Crippen LogP contribution in [0.5, 0.6) is 0 Å². The SMILES string of the molecule is Cc1cccc(CSc2ncnc3c2nnn3Cc2ccc(Cl)cc2)c1. The maximum Gasteiger partial charge on any atom is 0.183 e. The van der Waals surface area contributed by atoms with Gasteiger partial charge in [0.25, 0.3) is 0 Å². The van der Waals surface area contributed by atoms with Crippen molar-refractivity contribution in [1.82, 2.24) is 25.0 Å². The Morgan fingerprint density at radius 3 is 2.69 bits per heavy atom. The van der Waals surface area contributed by atoms with Crippen LogP contribution in [0.1, 0.15) is 16.7 Å². The van der Waals surface area contributed by atoms with Crippen LogP contribution in [-0.4, -0.2) is 25.0 Å². The molecule has 2 aromatic carbocycles. The lowest BCUT2D eigenvalue weighted by Crippen LogP contribution is -2.03. The maximum atomic E-state index is 5.95. The van der Waals surface area contributed by atoms with Crippen LogP contribution in [0, 0.1) is 6.92 Å². The number of nitrogens with zero attached hydrogens (tertiary/aromatic N) is 5. The van der Waals surface area contributed by atoms with E-state index in [0.29, 0.717) is 11.6 Å². The van der Waals surface area contributed by atoms with E-state index in [9.17, 15) is 0 Å². The summed E-state index contributed by atoms with van der Waals surface area (Å²) >= 11 is 7.60. The van der Waals surface area contributed by atoms with Crippen LogP contribution in [0.4, 0.5) is 0 Å². The summed E-state index contributed by atoms with van der Waals surface area (Å²) in [5.74, 6) is 0.831. The van der Waals surface area contributed by atoms with Crippen LogP contribution in [0.2, 0.25) is 5.02 Å². The Bertz CT molecular complexity index is 1050. The molecule has 0 unspecified atom stereocenters. The largest absolute Gasteiger partial charge is 0.227 e. The van der Waals surface area contributed by atoms with Gasteiger partial charge >= 0.3 is 0 Å². The number of hydrogen-bond donors (Lipinski definition) is 0. The minimum absolute atomic E-state index is 0.590. The molecule has 0 aliphatic rings. The monoisotopic (exact) mass is 381 g/mol. The van der Waals surface area contributed by atoms with Gasteiger partial charge in [0.15, 0.2) is 11.2 Å². The van der Waals surface area contributed by atoms with Crippen molar-refractivity contribution in [1.29, 1.82) is 0 Å². The summed E-state index contributed by atoms with van der Waals surface area (Å²) in [6, 6.07) is 16.2. The molecule has 0 saturated heterocycles. The van der Waals surface area contributed by atoms with Gasteiger partial charge in [0.1, 0.15) is 11.4 Å². The molecule has 0 N–H and O–H groups in total. The van der Waals surface area contributed by atoms with E-state index >= 15 is 0 Å².